The Morgan fingerprint density at radius 3 is 2.52 bits per heavy atom. The van der Waals surface area contributed by atoms with Gasteiger partial charge < -0.3 is 9.47 Å². The molecule has 2 aromatic carbocycles. The summed E-state index contributed by atoms with van der Waals surface area (Å²) in [6.45, 7) is 4.41. The number of hydrogen-bond acceptors (Lipinski definition) is 4. The first-order valence-corrected chi connectivity index (χ1v) is 9.50. The molecule has 27 heavy (non-hydrogen) atoms. The number of para-hydroxylation sites is 1. The molecule has 0 saturated heterocycles. The quantitative estimate of drug-likeness (QED) is 0.489. The smallest absolute Gasteiger partial charge is 0.276 e. The molecule has 0 heterocycles. The number of ether oxygens (including phenoxy) is 2. The summed E-state index contributed by atoms with van der Waals surface area (Å²) in [6, 6.07) is 12.4. The third-order valence-electron chi connectivity index (χ3n) is 3.72. The second-order valence-corrected chi connectivity index (χ2v) is 6.76. The minimum Gasteiger partial charge on any atom is -0.492 e. The molecule has 0 saturated carbocycles. The van der Waals surface area contributed by atoms with Gasteiger partial charge in [0.05, 0.1) is 11.1 Å². The van der Waals surface area contributed by atoms with E-state index in [0.29, 0.717) is 28.1 Å². The van der Waals surface area contributed by atoms with E-state index in [4.69, 9.17) is 9.47 Å². The molecule has 2 rings (SSSR count). The lowest BCUT2D eigenvalue weighted by atomic mass is 10.2. The molecule has 144 valence electrons. The Morgan fingerprint density at radius 1 is 1.04 bits per heavy atom. The third-order valence-corrected chi connectivity index (χ3v) is 4.34. The molecule has 0 aliphatic rings. The van der Waals surface area contributed by atoms with E-state index in [-0.39, 0.29) is 6.61 Å². The highest BCUT2D eigenvalue weighted by molar-refractivity contribution is 9.10. The van der Waals surface area contributed by atoms with E-state index in [0.717, 1.165) is 18.4 Å². The summed E-state index contributed by atoms with van der Waals surface area (Å²) in [5.41, 5.74) is 6.03. The van der Waals surface area contributed by atoms with E-state index in [1.807, 2.05) is 25.1 Å². The molecule has 0 radical (unpaired) electrons. The van der Waals surface area contributed by atoms with Crippen LogP contribution < -0.4 is 20.3 Å². The maximum atomic E-state index is 12.2. The van der Waals surface area contributed by atoms with Crippen LogP contribution in [0.2, 0.25) is 0 Å². The fourth-order valence-corrected chi connectivity index (χ4v) is 2.68. The Kier molecular flexibility index (Phi) is 8.13. The number of halogens is 1. The molecule has 0 unspecified atom stereocenters. The number of carbonyl (C=O) groups excluding carboxylic acids is 2. The number of nitrogens with one attached hydrogen (secondary N) is 2. The number of rotatable bonds is 8. The normalized spacial score (nSPS) is 10.2. The molecular formula is C20H23BrN2O4. The first-order valence-electron chi connectivity index (χ1n) is 8.71. The molecule has 2 amide bonds. The van der Waals surface area contributed by atoms with Gasteiger partial charge in [-0.15, -0.1) is 0 Å². The molecule has 0 fully saturated rings. The number of carbonyl (C=O) groups is 2. The molecule has 0 aromatic heterocycles. The molecule has 0 spiro atoms. The average molecular weight is 435 g/mol. The van der Waals surface area contributed by atoms with Gasteiger partial charge in [-0.05, 0) is 59.1 Å². The number of unbranched alkanes of at least 4 members (excludes halogenated alkanes) is 1. The van der Waals surface area contributed by atoms with E-state index in [1.54, 1.807) is 24.3 Å². The zero-order chi connectivity index (χ0) is 19.6. The number of hydrogen-bond donors (Lipinski definition) is 2. The van der Waals surface area contributed by atoms with Crippen molar-refractivity contribution in [2.75, 3.05) is 13.2 Å². The van der Waals surface area contributed by atoms with Crippen molar-refractivity contribution in [3.63, 3.8) is 0 Å². The van der Waals surface area contributed by atoms with Crippen LogP contribution in [0.3, 0.4) is 0 Å². The van der Waals surface area contributed by atoms with Gasteiger partial charge in [-0.1, -0.05) is 31.5 Å². The van der Waals surface area contributed by atoms with Gasteiger partial charge in [0, 0.05) is 5.56 Å². The Labute approximate surface area is 167 Å². The lowest BCUT2D eigenvalue weighted by Gasteiger charge is -2.11. The molecule has 0 aliphatic heterocycles. The van der Waals surface area contributed by atoms with Gasteiger partial charge in [-0.2, -0.15) is 0 Å². The van der Waals surface area contributed by atoms with Crippen molar-refractivity contribution >= 4 is 27.7 Å². The summed E-state index contributed by atoms with van der Waals surface area (Å²) in [6.07, 6.45) is 2.01. The molecule has 2 aromatic rings. The number of amides is 2. The van der Waals surface area contributed by atoms with Crippen molar-refractivity contribution in [2.24, 2.45) is 0 Å². The van der Waals surface area contributed by atoms with Gasteiger partial charge in [0.25, 0.3) is 11.8 Å². The van der Waals surface area contributed by atoms with Crippen molar-refractivity contribution in [3.05, 3.63) is 58.1 Å². The summed E-state index contributed by atoms with van der Waals surface area (Å²) in [5, 5.41) is 0. The van der Waals surface area contributed by atoms with E-state index in [2.05, 4.69) is 33.7 Å². The summed E-state index contributed by atoms with van der Waals surface area (Å²) in [7, 11) is 0. The van der Waals surface area contributed by atoms with Crippen LogP contribution in [-0.2, 0) is 4.79 Å². The van der Waals surface area contributed by atoms with Crippen LogP contribution in [-0.4, -0.2) is 25.0 Å². The van der Waals surface area contributed by atoms with Gasteiger partial charge in [-0.3, -0.25) is 20.4 Å². The number of aryl methyl sites for hydroxylation is 1. The first kappa shape index (κ1) is 20.8. The van der Waals surface area contributed by atoms with E-state index < -0.39 is 11.8 Å². The standard InChI is InChI=1S/C20H23BrN2O4/c1-3-4-11-26-18-10-9-15(12-16(18)21)20(25)23-22-19(24)13-27-17-8-6-5-7-14(17)2/h5-10,12H,3-4,11,13H2,1-2H3,(H,22,24)(H,23,25). The van der Waals surface area contributed by atoms with Crippen LogP contribution in [0, 0.1) is 6.92 Å². The molecule has 6 nitrogen and oxygen atoms in total. The van der Waals surface area contributed by atoms with Gasteiger partial charge in [0.2, 0.25) is 0 Å². The van der Waals surface area contributed by atoms with Crippen molar-refractivity contribution in [3.8, 4) is 11.5 Å². The molecule has 2 N–H and O–H groups in total. The van der Waals surface area contributed by atoms with Crippen LogP contribution >= 0.6 is 15.9 Å². The van der Waals surface area contributed by atoms with E-state index in [9.17, 15) is 9.59 Å². The zero-order valence-electron chi connectivity index (χ0n) is 15.4. The number of hydrazine groups is 1. The highest BCUT2D eigenvalue weighted by Gasteiger charge is 2.11. The summed E-state index contributed by atoms with van der Waals surface area (Å²) in [5.74, 6) is 0.419. The second-order valence-electron chi connectivity index (χ2n) is 5.90. The Morgan fingerprint density at radius 2 is 1.81 bits per heavy atom. The predicted octanol–water partition coefficient (Wildman–Crippen LogP) is 3.78. The minimum atomic E-state index is -0.454. The van der Waals surface area contributed by atoms with Crippen molar-refractivity contribution < 1.29 is 19.1 Å². The van der Waals surface area contributed by atoms with Gasteiger partial charge in [-0.25, -0.2) is 0 Å². The zero-order valence-corrected chi connectivity index (χ0v) is 17.0. The molecule has 0 aliphatic carbocycles. The Balaban J connectivity index is 1.81. The van der Waals surface area contributed by atoms with Crippen molar-refractivity contribution in [2.45, 2.75) is 26.7 Å². The predicted molar refractivity (Wildman–Crippen MR) is 107 cm³/mol. The Bertz CT molecular complexity index is 795. The molecular weight excluding hydrogens is 412 g/mol. The van der Waals surface area contributed by atoms with Gasteiger partial charge in [0.15, 0.2) is 6.61 Å². The molecule has 0 bridgehead atoms. The summed E-state index contributed by atoms with van der Waals surface area (Å²) < 4.78 is 11.7. The monoisotopic (exact) mass is 434 g/mol. The average Bonchev–Trinajstić information content (AvgIpc) is 2.66. The second kappa shape index (κ2) is 10.6. The first-order chi connectivity index (χ1) is 13.0. The topological polar surface area (TPSA) is 76.7 Å². The van der Waals surface area contributed by atoms with Crippen LogP contribution in [0.15, 0.2) is 46.9 Å². The minimum absolute atomic E-state index is 0.195. The van der Waals surface area contributed by atoms with E-state index in [1.165, 1.54) is 0 Å². The summed E-state index contributed by atoms with van der Waals surface area (Å²) in [4.78, 5) is 24.0. The van der Waals surface area contributed by atoms with Gasteiger partial charge >= 0.3 is 0 Å². The highest BCUT2D eigenvalue weighted by atomic mass is 79.9. The maximum Gasteiger partial charge on any atom is 0.276 e. The largest absolute Gasteiger partial charge is 0.492 e. The Hall–Kier alpha value is -2.54. The van der Waals surface area contributed by atoms with Crippen molar-refractivity contribution in [1.82, 2.24) is 10.9 Å². The van der Waals surface area contributed by atoms with Gasteiger partial charge in [0.1, 0.15) is 11.5 Å². The number of benzene rings is 2. The highest BCUT2D eigenvalue weighted by Crippen LogP contribution is 2.26. The van der Waals surface area contributed by atoms with E-state index >= 15 is 0 Å². The molecule has 0 atom stereocenters. The fourth-order valence-electron chi connectivity index (χ4n) is 2.18. The molecule has 7 heteroatoms. The third kappa shape index (κ3) is 6.60. The van der Waals surface area contributed by atoms with Crippen LogP contribution in [0.5, 0.6) is 11.5 Å². The van der Waals surface area contributed by atoms with Crippen LogP contribution in [0.25, 0.3) is 0 Å². The summed E-state index contributed by atoms with van der Waals surface area (Å²) >= 11 is 3.39. The van der Waals surface area contributed by atoms with Crippen LogP contribution in [0.1, 0.15) is 35.7 Å². The van der Waals surface area contributed by atoms with Crippen LogP contribution in [0.4, 0.5) is 0 Å². The lowest BCUT2D eigenvalue weighted by molar-refractivity contribution is -0.123. The fraction of sp³-hybridized carbons (Fsp3) is 0.300. The SMILES string of the molecule is CCCCOc1ccc(C(=O)NNC(=O)COc2ccccc2C)cc1Br. The lowest BCUT2D eigenvalue weighted by Crippen LogP contribution is -2.43. The maximum absolute atomic E-state index is 12.2. The van der Waals surface area contributed by atoms with Crippen molar-refractivity contribution in [1.29, 1.82) is 0 Å².